The molecule has 0 amide bonds. The molecule has 0 spiro atoms. The first-order valence-corrected chi connectivity index (χ1v) is 8.04. The van der Waals surface area contributed by atoms with Crippen molar-refractivity contribution in [3.05, 3.63) is 64.6 Å². The molecular weight excluding hydrogens is 321 g/mol. The van der Waals surface area contributed by atoms with Gasteiger partial charge in [-0.15, -0.1) is 11.3 Å². The Bertz CT molecular complexity index is 961. The number of hydrogen-bond donors (Lipinski definition) is 0. The Kier molecular flexibility index (Phi) is 3.11. The van der Waals surface area contributed by atoms with Gasteiger partial charge in [0.15, 0.2) is 0 Å². The molecule has 0 aliphatic carbocycles. The lowest BCUT2D eigenvalue weighted by Gasteiger charge is -2.03. The van der Waals surface area contributed by atoms with E-state index in [0.29, 0.717) is 5.02 Å². The molecule has 4 rings (SSSR count). The lowest BCUT2D eigenvalue weighted by Crippen LogP contribution is -1.84. The van der Waals surface area contributed by atoms with Crippen molar-refractivity contribution in [1.82, 2.24) is 4.98 Å². The van der Waals surface area contributed by atoms with Gasteiger partial charge in [0.25, 0.3) is 0 Å². The molecule has 0 radical (unpaired) electrons. The van der Waals surface area contributed by atoms with Gasteiger partial charge >= 0.3 is 0 Å². The van der Waals surface area contributed by atoms with Gasteiger partial charge in [0, 0.05) is 15.6 Å². The molecule has 0 saturated carbocycles. The van der Waals surface area contributed by atoms with Crippen LogP contribution in [-0.4, -0.2) is 4.98 Å². The molecule has 0 bridgehead atoms. The van der Waals surface area contributed by atoms with E-state index in [-0.39, 0.29) is 0 Å². The Morgan fingerprint density at radius 3 is 2.48 bits per heavy atom. The smallest absolute Gasteiger partial charge is 0.0926 e. The van der Waals surface area contributed by atoms with E-state index in [1.165, 1.54) is 0 Å². The van der Waals surface area contributed by atoms with E-state index < -0.39 is 0 Å². The van der Waals surface area contributed by atoms with Crippen molar-refractivity contribution in [2.45, 2.75) is 0 Å². The zero-order chi connectivity index (χ0) is 14.4. The van der Waals surface area contributed by atoms with Crippen LogP contribution < -0.4 is 0 Å². The molecule has 2 aromatic heterocycles. The van der Waals surface area contributed by atoms with Gasteiger partial charge in [0.1, 0.15) is 0 Å². The molecule has 0 aliphatic rings. The molecule has 2 aromatic carbocycles. The number of halogens is 2. The molecule has 0 N–H and O–H groups in total. The number of pyridine rings is 1. The molecule has 1 nitrogen and oxygen atoms in total. The van der Waals surface area contributed by atoms with E-state index >= 15 is 0 Å². The zero-order valence-electron chi connectivity index (χ0n) is 10.8. The third kappa shape index (κ3) is 2.11. The fraction of sp³-hybridized carbons (Fsp3) is 0. The van der Waals surface area contributed by atoms with E-state index in [0.717, 1.165) is 36.6 Å². The summed E-state index contributed by atoms with van der Waals surface area (Å²) in [6, 6.07) is 17.8. The monoisotopic (exact) mass is 329 g/mol. The fourth-order valence-corrected chi connectivity index (χ4v) is 4.16. The summed E-state index contributed by atoms with van der Waals surface area (Å²) in [6.45, 7) is 0. The van der Waals surface area contributed by atoms with E-state index in [2.05, 4.69) is 0 Å². The van der Waals surface area contributed by atoms with Crippen molar-refractivity contribution in [2.75, 3.05) is 0 Å². The largest absolute Gasteiger partial charge is 0.246 e. The van der Waals surface area contributed by atoms with Gasteiger partial charge in [-0.3, -0.25) is 0 Å². The van der Waals surface area contributed by atoms with Gasteiger partial charge in [-0.2, -0.15) is 0 Å². The summed E-state index contributed by atoms with van der Waals surface area (Å²) >= 11 is 14.4. The quantitative estimate of drug-likeness (QED) is 0.392. The summed E-state index contributed by atoms with van der Waals surface area (Å²) in [5, 5.41) is 2.42. The average molecular weight is 330 g/mol. The SMILES string of the molecule is Clc1cc(-c2ccccc2)nc2c1sc1cccc(Cl)c12. The van der Waals surface area contributed by atoms with Gasteiger partial charge in [0.2, 0.25) is 0 Å². The third-order valence-corrected chi connectivity index (χ3v) is 5.32. The van der Waals surface area contributed by atoms with Crippen LogP contribution >= 0.6 is 34.5 Å². The predicted molar refractivity (Wildman–Crippen MR) is 92.6 cm³/mol. The molecule has 0 saturated heterocycles. The van der Waals surface area contributed by atoms with Crippen molar-refractivity contribution < 1.29 is 0 Å². The minimum atomic E-state index is 0.715. The van der Waals surface area contributed by atoms with Crippen molar-refractivity contribution >= 4 is 54.8 Å². The second kappa shape index (κ2) is 4.99. The Labute approximate surface area is 135 Å². The number of rotatable bonds is 1. The summed E-state index contributed by atoms with van der Waals surface area (Å²) in [5.74, 6) is 0. The molecule has 102 valence electrons. The topological polar surface area (TPSA) is 12.9 Å². The summed E-state index contributed by atoms with van der Waals surface area (Å²) in [4.78, 5) is 4.80. The summed E-state index contributed by atoms with van der Waals surface area (Å²) in [7, 11) is 0. The van der Waals surface area contributed by atoms with Crippen LogP contribution in [-0.2, 0) is 0 Å². The highest BCUT2D eigenvalue weighted by atomic mass is 35.5. The van der Waals surface area contributed by atoms with Crippen LogP contribution in [0.5, 0.6) is 0 Å². The first-order valence-electron chi connectivity index (χ1n) is 6.47. The first-order chi connectivity index (χ1) is 10.2. The normalized spacial score (nSPS) is 11.3. The van der Waals surface area contributed by atoms with Crippen molar-refractivity contribution in [3.8, 4) is 11.3 Å². The molecule has 21 heavy (non-hydrogen) atoms. The molecule has 2 heterocycles. The van der Waals surface area contributed by atoms with Gasteiger partial charge in [-0.05, 0) is 18.2 Å². The third-order valence-electron chi connectivity index (χ3n) is 3.42. The molecule has 0 atom stereocenters. The molecule has 0 unspecified atom stereocenters. The maximum Gasteiger partial charge on any atom is 0.0926 e. The summed E-state index contributed by atoms with van der Waals surface area (Å²) < 4.78 is 2.09. The lowest BCUT2D eigenvalue weighted by atomic mass is 10.1. The molecule has 4 heteroatoms. The number of hydrogen-bond acceptors (Lipinski definition) is 2. The molecule has 4 aromatic rings. The molecule has 0 aliphatic heterocycles. The van der Waals surface area contributed by atoms with Crippen LogP contribution in [0, 0.1) is 0 Å². The van der Waals surface area contributed by atoms with Crippen LogP contribution in [0.15, 0.2) is 54.6 Å². The van der Waals surface area contributed by atoms with Crippen LogP contribution in [0.3, 0.4) is 0 Å². The zero-order valence-corrected chi connectivity index (χ0v) is 13.1. The minimum Gasteiger partial charge on any atom is -0.246 e. The Balaban J connectivity index is 2.11. The second-order valence-electron chi connectivity index (χ2n) is 4.75. The highest BCUT2D eigenvalue weighted by Crippen LogP contribution is 2.41. The Morgan fingerprint density at radius 1 is 0.857 bits per heavy atom. The fourth-order valence-electron chi connectivity index (χ4n) is 2.45. The van der Waals surface area contributed by atoms with E-state index in [1.54, 1.807) is 11.3 Å². The minimum absolute atomic E-state index is 0.715. The van der Waals surface area contributed by atoms with Crippen LogP contribution in [0.1, 0.15) is 0 Å². The molecule has 0 fully saturated rings. The number of aromatic nitrogens is 1. The maximum absolute atomic E-state index is 6.46. The Morgan fingerprint density at radius 2 is 1.67 bits per heavy atom. The highest BCUT2D eigenvalue weighted by molar-refractivity contribution is 7.26. The molecular formula is C17H9Cl2NS. The highest BCUT2D eigenvalue weighted by Gasteiger charge is 2.14. The van der Waals surface area contributed by atoms with Crippen LogP contribution in [0.4, 0.5) is 0 Å². The van der Waals surface area contributed by atoms with Crippen molar-refractivity contribution in [3.63, 3.8) is 0 Å². The Hall–Kier alpha value is -1.61. The second-order valence-corrected chi connectivity index (χ2v) is 6.61. The van der Waals surface area contributed by atoms with Crippen LogP contribution in [0.25, 0.3) is 31.6 Å². The number of thiophene rings is 1. The van der Waals surface area contributed by atoms with Gasteiger partial charge in [-0.1, -0.05) is 59.6 Å². The maximum atomic E-state index is 6.46. The standard InChI is InChI=1S/C17H9Cl2NS/c18-11-7-4-8-14-15(11)16-17(21-14)12(19)9-13(20-16)10-5-2-1-3-6-10/h1-9H. The number of benzene rings is 2. The first kappa shape index (κ1) is 13.1. The van der Waals surface area contributed by atoms with Gasteiger partial charge in [-0.25, -0.2) is 4.98 Å². The number of fused-ring (bicyclic) bond motifs is 3. The average Bonchev–Trinajstić information content (AvgIpc) is 2.89. The van der Waals surface area contributed by atoms with Crippen molar-refractivity contribution in [2.24, 2.45) is 0 Å². The van der Waals surface area contributed by atoms with Crippen LogP contribution in [0.2, 0.25) is 10.0 Å². The predicted octanol–water partition coefficient (Wildman–Crippen LogP) is 6.42. The van der Waals surface area contributed by atoms with E-state index in [1.807, 2.05) is 54.6 Å². The van der Waals surface area contributed by atoms with Crippen molar-refractivity contribution in [1.29, 1.82) is 0 Å². The number of nitrogens with zero attached hydrogens (tertiary/aromatic N) is 1. The van der Waals surface area contributed by atoms with Gasteiger partial charge in [0.05, 0.1) is 26.0 Å². The summed E-state index contributed by atoms with van der Waals surface area (Å²) in [6.07, 6.45) is 0. The summed E-state index contributed by atoms with van der Waals surface area (Å²) in [5.41, 5.74) is 2.80. The lowest BCUT2D eigenvalue weighted by molar-refractivity contribution is 1.42. The van der Waals surface area contributed by atoms with E-state index in [9.17, 15) is 0 Å². The van der Waals surface area contributed by atoms with Gasteiger partial charge < -0.3 is 0 Å². The van der Waals surface area contributed by atoms with E-state index in [4.69, 9.17) is 28.2 Å².